The number of piperidine rings is 1. The number of benzene rings is 1. The predicted octanol–water partition coefficient (Wildman–Crippen LogP) is 4.46. The lowest BCUT2D eigenvalue weighted by Crippen LogP contribution is -2.39. The Bertz CT molecular complexity index is 1010. The third kappa shape index (κ3) is 4.70. The lowest BCUT2D eigenvalue weighted by atomic mass is 10.0. The molecule has 1 unspecified atom stereocenters. The molecule has 1 aromatic carbocycles. The number of nitrogens with zero attached hydrogens (tertiary/aromatic N) is 3. The van der Waals surface area contributed by atoms with Gasteiger partial charge in [0.1, 0.15) is 17.2 Å². The van der Waals surface area contributed by atoms with Crippen LogP contribution in [0.15, 0.2) is 29.6 Å². The Morgan fingerprint density at radius 3 is 3.14 bits per heavy atom. The van der Waals surface area contributed by atoms with E-state index in [0.29, 0.717) is 29.2 Å². The zero-order chi connectivity index (χ0) is 20.2. The third-order valence-corrected chi connectivity index (χ3v) is 7.69. The molecule has 4 rings (SSSR count). The van der Waals surface area contributed by atoms with E-state index in [1.165, 1.54) is 61.3 Å². The smallest absolute Gasteiger partial charge is 0.230 e. The van der Waals surface area contributed by atoms with Gasteiger partial charge in [0.2, 0.25) is 5.91 Å². The van der Waals surface area contributed by atoms with Gasteiger partial charge in [-0.05, 0) is 44.9 Å². The van der Waals surface area contributed by atoms with Crippen LogP contribution in [0.5, 0.6) is 0 Å². The molecule has 154 valence electrons. The number of hydrogen-bond acceptors (Lipinski definition) is 6. The quantitative estimate of drug-likeness (QED) is 0.339. The van der Waals surface area contributed by atoms with Crippen molar-refractivity contribution in [2.45, 2.75) is 43.7 Å². The highest BCUT2D eigenvalue weighted by Crippen LogP contribution is 2.38. The molecule has 2 aromatic heterocycles. The van der Waals surface area contributed by atoms with Gasteiger partial charge < -0.3 is 10.2 Å². The van der Waals surface area contributed by atoms with E-state index in [4.69, 9.17) is 0 Å². The summed E-state index contributed by atoms with van der Waals surface area (Å²) >= 11 is 2.85. The lowest BCUT2D eigenvalue weighted by Gasteiger charge is -2.33. The summed E-state index contributed by atoms with van der Waals surface area (Å²) in [6.07, 6.45) is 6.30. The summed E-state index contributed by atoms with van der Waals surface area (Å²) in [5, 5.41) is 4.27. The van der Waals surface area contributed by atoms with Crippen LogP contribution in [0.25, 0.3) is 20.3 Å². The van der Waals surface area contributed by atoms with E-state index >= 15 is 0 Å². The van der Waals surface area contributed by atoms with Crippen molar-refractivity contribution in [3.63, 3.8) is 0 Å². The Morgan fingerprint density at radius 1 is 1.38 bits per heavy atom. The van der Waals surface area contributed by atoms with E-state index in [-0.39, 0.29) is 11.7 Å². The van der Waals surface area contributed by atoms with Crippen LogP contribution in [0.2, 0.25) is 0 Å². The maximum absolute atomic E-state index is 14.2. The zero-order valence-electron chi connectivity index (χ0n) is 16.5. The highest BCUT2D eigenvalue weighted by Gasteiger charge is 2.18. The van der Waals surface area contributed by atoms with Crippen LogP contribution in [0.1, 0.15) is 32.6 Å². The van der Waals surface area contributed by atoms with Gasteiger partial charge in [-0.3, -0.25) is 4.79 Å². The number of thioether (sulfide) groups is 1. The van der Waals surface area contributed by atoms with Gasteiger partial charge in [-0.25, -0.2) is 14.4 Å². The number of aromatic nitrogens is 2. The van der Waals surface area contributed by atoms with E-state index < -0.39 is 0 Å². The maximum Gasteiger partial charge on any atom is 0.230 e. The van der Waals surface area contributed by atoms with Crippen molar-refractivity contribution in [2.75, 3.05) is 25.4 Å². The molecule has 1 fully saturated rings. The van der Waals surface area contributed by atoms with Gasteiger partial charge in [0.05, 0.1) is 21.4 Å². The molecule has 1 saturated heterocycles. The molecular formula is C21H25FN4OS2. The number of fused-ring (bicyclic) bond motifs is 3. The van der Waals surface area contributed by atoms with Crippen molar-refractivity contribution in [3.05, 3.63) is 30.3 Å². The van der Waals surface area contributed by atoms with Gasteiger partial charge >= 0.3 is 0 Å². The minimum absolute atomic E-state index is 0.000691. The molecule has 1 atom stereocenters. The summed E-state index contributed by atoms with van der Waals surface area (Å²) in [6, 6.07) is 5.68. The first-order valence-electron chi connectivity index (χ1n) is 10.1. The third-order valence-electron chi connectivity index (χ3n) is 5.42. The molecule has 1 N–H and O–H groups in total. The van der Waals surface area contributed by atoms with E-state index in [1.807, 2.05) is 6.07 Å². The standard InChI is InChI=1S/C21H25FN4OS2/c1-14-6-2-3-10-26(14)11-5-9-23-17(27)12-28-21-20-19(24-13-25-21)18-15(22)7-4-8-16(18)29-20/h4,7-8,13-14H,2-3,5-6,9-12H2,1H3,(H,23,27). The molecular weight excluding hydrogens is 407 g/mol. The largest absolute Gasteiger partial charge is 0.355 e. The maximum atomic E-state index is 14.2. The molecule has 29 heavy (non-hydrogen) atoms. The number of thiophene rings is 1. The van der Waals surface area contributed by atoms with E-state index in [1.54, 1.807) is 6.07 Å². The van der Waals surface area contributed by atoms with Crippen molar-refractivity contribution in [3.8, 4) is 0 Å². The Labute approximate surface area is 178 Å². The first-order valence-corrected chi connectivity index (χ1v) is 11.9. The number of amides is 1. The summed E-state index contributed by atoms with van der Waals surface area (Å²) in [7, 11) is 0. The molecule has 3 aromatic rings. The average Bonchev–Trinajstić information content (AvgIpc) is 3.11. The van der Waals surface area contributed by atoms with Crippen LogP contribution in [0.3, 0.4) is 0 Å². The highest BCUT2D eigenvalue weighted by molar-refractivity contribution is 8.00. The molecule has 3 heterocycles. The van der Waals surface area contributed by atoms with E-state index in [9.17, 15) is 9.18 Å². The van der Waals surface area contributed by atoms with Gasteiger partial charge in [-0.2, -0.15) is 0 Å². The van der Waals surface area contributed by atoms with Crippen LogP contribution < -0.4 is 5.32 Å². The number of likely N-dealkylation sites (tertiary alicyclic amines) is 1. The molecule has 0 bridgehead atoms. The SMILES string of the molecule is CC1CCCCN1CCCNC(=O)CSc1ncnc2c1sc1cccc(F)c12. The van der Waals surface area contributed by atoms with Crippen LogP contribution >= 0.6 is 23.1 Å². The monoisotopic (exact) mass is 432 g/mol. The summed E-state index contributed by atoms with van der Waals surface area (Å²) in [6.45, 7) is 5.19. The molecule has 0 radical (unpaired) electrons. The second-order valence-electron chi connectivity index (χ2n) is 7.44. The normalized spacial score (nSPS) is 17.8. The van der Waals surface area contributed by atoms with Crippen LogP contribution in [-0.2, 0) is 4.79 Å². The first-order chi connectivity index (χ1) is 14.1. The Hall–Kier alpha value is -1.77. The van der Waals surface area contributed by atoms with Crippen molar-refractivity contribution < 1.29 is 9.18 Å². The minimum atomic E-state index is -0.274. The van der Waals surface area contributed by atoms with E-state index in [2.05, 4.69) is 27.1 Å². The Morgan fingerprint density at radius 2 is 2.28 bits per heavy atom. The fraction of sp³-hybridized carbons (Fsp3) is 0.476. The fourth-order valence-corrected chi connectivity index (χ4v) is 5.92. The average molecular weight is 433 g/mol. The molecule has 8 heteroatoms. The second kappa shape index (κ2) is 9.36. The number of carbonyl (C=O) groups excluding carboxylic acids is 1. The van der Waals surface area contributed by atoms with Gasteiger partial charge in [-0.1, -0.05) is 24.2 Å². The molecule has 0 saturated carbocycles. The number of hydrogen-bond donors (Lipinski definition) is 1. The number of halogens is 1. The first kappa shape index (κ1) is 20.5. The number of carbonyl (C=O) groups is 1. The summed E-state index contributed by atoms with van der Waals surface area (Å²) in [4.78, 5) is 23.4. The summed E-state index contributed by atoms with van der Waals surface area (Å²) < 4.78 is 15.9. The van der Waals surface area contributed by atoms with Gasteiger partial charge in [0.25, 0.3) is 0 Å². The van der Waals surface area contributed by atoms with Crippen molar-refractivity contribution in [2.24, 2.45) is 0 Å². The molecule has 5 nitrogen and oxygen atoms in total. The molecule has 1 aliphatic rings. The fourth-order valence-electron chi connectivity index (χ4n) is 3.84. The topological polar surface area (TPSA) is 58.1 Å². The van der Waals surface area contributed by atoms with Gasteiger partial charge in [0, 0.05) is 23.8 Å². The minimum Gasteiger partial charge on any atom is -0.355 e. The number of nitrogens with one attached hydrogen (secondary N) is 1. The van der Waals surface area contributed by atoms with Crippen LogP contribution in [0.4, 0.5) is 4.39 Å². The summed E-state index contributed by atoms with van der Waals surface area (Å²) in [5.74, 6) is 0.0214. The molecule has 0 aliphatic carbocycles. The molecule has 0 spiro atoms. The zero-order valence-corrected chi connectivity index (χ0v) is 18.1. The summed E-state index contributed by atoms with van der Waals surface area (Å²) in [5.41, 5.74) is 0.622. The van der Waals surface area contributed by atoms with Crippen molar-refractivity contribution in [1.82, 2.24) is 20.2 Å². The van der Waals surface area contributed by atoms with Crippen LogP contribution in [0, 0.1) is 5.82 Å². The van der Waals surface area contributed by atoms with Crippen molar-refractivity contribution in [1.29, 1.82) is 0 Å². The molecule has 1 aliphatic heterocycles. The highest BCUT2D eigenvalue weighted by atomic mass is 32.2. The van der Waals surface area contributed by atoms with Gasteiger partial charge in [-0.15, -0.1) is 11.3 Å². The van der Waals surface area contributed by atoms with Crippen molar-refractivity contribution >= 4 is 49.3 Å². The number of rotatable bonds is 7. The molecule has 1 amide bonds. The predicted molar refractivity (Wildman–Crippen MR) is 118 cm³/mol. The Balaban J connectivity index is 1.31. The van der Waals surface area contributed by atoms with Gasteiger partial charge in [0.15, 0.2) is 0 Å². The van der Waals surface area contributed by atoms with E-state index in [0.717, 1.165) is 27.4 Å². The van der Waals surface area contributed by atoms with Crippen LogP contribution in [-0.4, -0.2) is 52.2 Å². The second-order valence-corrected chi connectivity index (χ2v) is 9.46. The Kier molecular flexibility index (Phi) is 6.62. The lowest BCUT2D eigenvalue weighted by molar-refractivity contribution is -0.118.